The SMILES string of the molecule is CC1=C(C)C(=O)C(COC(=O)OCOc2c(Br)cc(Br)c3nc4cc(Cl)ccc4nc23)=C(C)C1=O. The van der Waals surface area contributed by atoms with Crippen LogP contribution in [0.3, 0.4) is 0 Å². The predicted octanol–water partition coefficient (Wildman–Crippen LogP) is 6.26. The molecule has 180 valence electrons. The first-order valence-corrected chi connectivity index (χ1v) is 12.2. The predicted molar refractivity (Wildman–Crippen MR) is 136 cm³/mol. The molecule has 1 heterocycles. The van der Waals surface area contributed by atoms with Gasteiger partial charge in [0, 0.05) is 31.8 Å². The molecular weight excluding hydrogens is 608 g/mol. The van der Waals surface area contributed by atoms with E-state index in [-0.39, 0.29) is 29.3 Å². The Labute approximate surface area is 221 Å². The number of halogens is 3. The van der Waals surface area contributed by atoms with E-state index in [1.54, 1.807) is 38.1 Å². The topological polar surface area (TPSA) is 105 Å². The zero-order valence-electron chi connectivity index (χ0n) is 18.7. The number of benzene rings is 2. The molecule has 0 aliphatic heterocycles. The Morgan fingerprint density at radius 3 is 2.31 bits per heavy atom. The van der Waals surface area contributed by atoms with Crippen LogP contribution in [0.4, 0.5) is 4.79 Å². The molecule has 1 aliphatic rings. The van der Waals surface area contributed by atoms with Crippen molar-refractivity contribution in [1.29, 1.82) is 0 Å². The lowest BCUT2D eigenvalue weighted by molar-refractivity contribution is -0.116. The van der Waals surface area contributed by atoms with Crippen LogP contribution in [0, 0.1) is 0 Å². The molecule has 4 rings (SSSR count). The number of hydrogen-bond acceptors (Lipinski definition) is 8. The first-order chi connectivity index (χ1) is 16.6. The van der Waals surface area contributed by atoms with Crippen LogP contribution in [0.25, 0.3) is 22.1 Å². The van der Waals surface area contributed by atoms with E-state index in [1.165, 1.54) is 6.92 Å². The highest BCUT2D eigenvalue weighted by Crippen LogP contribution is 2.38. The zero-order chi connectivity index (χ0) is 25.4. The van der Waals surface area contributed by atoms with E-state index in [9.17, 15) is 14.4 Å². The largest absolute Gasteiger partial charge is 0.511 e. The maximum Gasteiger partial charge on any atom is 0.511 e. The Bertz CT molecular complexity index is 1500. The number of rotatable bonds is 5. The van der Waals surface area contributed by atoms with Crippen LogP contribution in [-0.2, 0) is 19.1 Å². The smallest absolute Gasteiger partial charge is 0.454 e. The summed E-state index contributed by atoms with van der Waals surface area (Å²) in [7, 11) is 0. The van der Waals surface area contributed by atoms with Crippen LogP contribution in [0.1, 0.15) is 20.8 Å². The van der Waals surface area contributed by atoms with E-state index in [0.29, 0.717) is 52.9 Å². The number of allylic oxidation sites excluding steroid dienone is 3. The van der Waals surface area contributed by atoms with Gasteiger partial charge in [-0.15, -0.1) is 0 Å². The van der Waals surface area contributed by atoms with Crippen molar-refractivity contribution in [3.05, 3.63) is 60.5 Å². The molecule has 0 atom stereocenters. The van der Waals surface area contributed by atoms with Crippen molar-refractivity contribution in [3.8, 4) is 5.75 Å². The highest BCUT2D eigenvalue weighted by Gasteiger charge is 2.28. The maximum atomic E-state index is 12.5. The minimum absolute atomic E-state index is 0.125. The van der Waals surface area contributed by atoms with Crippen molar-refractivity contribution in [2.75, 3.05) is 13.4 Å². The maximum absolute atomic E-state index is 12.5. The fraction of sp³-hybridized carbons (Fsp3) is 0.208. The minimum atomic E-state index is -1.06. The Morgan fingerprint density at radius 2 is 1.57 bits per heavy atom. The third-order valence-electron chi connectivity index (χ3n) is 5.56. The van der Waals surface area contributed by atoms with Gasteiger partial charge in [-0.25, -0.2) is 14.8 Å². The second-order valence-corrected chi connectivity index (χ2v) is 9.83. The lowest BCUT2D eigenvalue weighted by Gasteiger charge is -2.18. The van der Waals surface area contributed by atoms with Crippen molar-refractivity contribution in [1.82, 2.24) is 9.97 Å². The van der Waals surface area contributed by atoms with E-state index in [2.05, 4.69) is 41.8 Å². The standard InChI is InChI=1S/C24H17Br2ClN2O6/c1-10-11(2)22(31)14(12(3)21(10)30)8-33-24(32)35-9-34-23-16(26)7-15(25)19-20(23)28-17-5-4-13(27)6-18(17)29-19/h4-7H,8-9H2,1-3H3. The summed E-state index contributed by atoms with van der Waals surface area (Å²) in [6.07, 6.45) is -1.06. The third-order valence-corrected chi connectivity index (χ3v) is 6.99. The quantitative estimate of drug-likeness (QED) is 0.142. The summed E-state index contributed by atoms with van der Waals surface area (Å²) in [6, 6.07) is 6.89. The molecule has 0 fully saturated rings. The van der Waals surface area contributed by atoms with Gasteiger partial charge in [0.1, 0.15) is 17.6 Å². The summed E-state index contributed by atoms with van der Waals surface area (Å²) in [5.41, 5.74) is 3.27. The van der Waals surface area contributed by atoms with E-state index < -0.39 is 12.9 Å². The average Bonchev–Trinajstić information content (AvgIpc) is 2.82. The minimum Gasteiger partial charge on any atom is -0.454 e. The molecule has 1 aliphatic carbocycles. The second-order valence-electron chi connectivity index (χ2n) is 7.68. The van der Waals surface area contributed by atoms with Crippen LogP contribution in [0.2, 0.25) is 5.02 Å². The van der Waals surface area contributed by atoms with Gasteiger partial charge in [0.15, 0.2) is 17.3 Å². The van der Waals surface area contributed by atoms with Crippen LogP contribution in [0.15, 0.2) is 55.5 Å². The third kappa shape index (κ3) is 4.96. The van der Waals surface area contributed by atoms with Gasteiger partial charge in [0.25, 0.3) is 0 Å². The summed E-state index contributed by atoms with van der Waals surface area (Å²) >= 11 is 13.0. The molecule has 0 radical (unpaired) electrons. The Kier molecular flexibility index (Phi) is 7.25. The van der Waals surface area contributed by atoms with E-state index in [4.69, 9.17) is 25.8 Å². The highest BCUT2D eigenvalue weighted by atomic mass is 79.9. The van der Waals surface area contributed by atoms with Gasteiger partial charge in [0.2, 0.25) is 6.79 Å². The summed E-state index contributed by atoms with van der Waals surface area (Å²) < 4.78 is 17.0. The molecule has 0 saturated carbocycles. The molecule has 8 nitrogen and oxygen atoms in total. The molecule has 0 saturated heterocycles. The van der Waals surface area contributed by atoms with Gasteiger partial charge in [0.05, 0.1) is 15.5 Å². The van der Waals surface area contributed by atoms with Crippen LogP contribution >= 0.6 is 43.5 Å². The molecule has 1 aromatic heterocycles. The fourth-order valence-electron chi connectivity index (χ4n) is 3.49. The first-order valence-electron chi connectivity index (χ1n) is 10.2. The lowest BCUT2D eigenvalue weighted by Crippen LogP contribution is -2.24. The zero-order valence-corrected chi connectivity index (χ0v) is 22.6. The second kappa shape index (κ2) is 10.0. The Morgan fingerprint density at radius 1 is 0.886 bits per heavy atom. The van der Waals surface area contributed by atoms with Crippen molar-refractivity contribution in [3.63, 3.8) is 0 Å². The van der Waals surface area contributed by atoms with E-state index in [1.807, 2.05) is 0 Å². The number of ketones is 2. The van der Waals surface area contributed by atoms with E-state index in [0.717, 1.165) is 0 Å². The Balaban J connectivity index is 1.46. The summed E-state index contributed by atoms with van der Waals surface area (Å²) in [5, 5.41) is 0.536. The summed E-state index contributed by atoms with van der Waals surface area (Å²) in [4.78, 5) is 46.0. The van der Waals surface area contributed by atoms with Crippen molar-refractivity contribution < 1.29 is 28.6 Å². The van der Waals surface area contributed by atoms with Gasteiger partial charge in [-0.3, -0.25) is 9.59 Å². The molecule has 0 unspecified atom stereocenters. The van der Waals surface area contributed by atoms with Gasteiger partial charge < -0.3 is 14.2 Å². The van der Waals surface area contributed by atoms with Gasteiger partial charge in [-0.2, -0.15) is 0 Å². The van der Waals surface area contributed by atoms with Crippen LogP contribution in [0.5, 0.6) is 5.75 Å². The van der Waals surface area contributed by atoms with Crippen molar-refractivity contribution >= 4 is 83.2 Å². The fourth-order valence-corrected chi connectivity index (χ4v) is 5.00. The monoisotopic (exact) mass is 622 g/mol. The van der Waals surface area contributed by atoms with Crippen molar-refractivity contribution in [2.45, 2.75) is 20.8 Å². The molecular formula is C24H17Br2ClN2O6. The van der Waals surface area contributed by atoms with E-state index >= 15 is 0 Å². The van der Waals surface area contributed by atoms with Gasteiger partial charge in [-0.05, 0) is 76.9 Å². The molecule has 0 spiro atoms. The number of carbonyl (C=O) groups excluding carboxylic acids is 3. The summed E-state index contributed by atoms with van der Waals surface area (Å²) in [5.74, 6) is -0.274. The molecule has 11 heteroatoms. The molecule has 3 aromatic rings. The molecule has 0 amide bonds. The normalized spacial score (nSPS) is 14.2. The molecule has 35 heavy (non-hydrogen) atoms. The number of fused-ring (bicyclic) bond motifs is 2. The van der Waals surface area contributed by atoms with Gasteiger partial charge >= 0.3 is 6.16 Å². The number of nitrogens with zero attached hydrogens (tertiary/aromatic N) is 2. The lowest BCUT2D eigenvalue weighted by atomic mass is 9.86. The number of Topliss-reactive ketones (excluding diaryl/α,β-unsaturated/α-hetero) is 2. The number of hydrogen-bond donors (Lipinski definition) is 0. The van der Waals surface area contributed by atoms with Gasteiger partial charge in [-0.1, -0.05) is 11.6 Å². The number of ether oxygens (including phenoxy) is 3. The highest BCUT2D eigenvalue weighted by molar-refractivity contribution is 9.11. The molecule has 0 bridgehead atoms. The average molecular weight is 625 g/mol. The number of aromatic nitrogens is 2. The van der Waals surface area contributed by atoms with Crippen molar-refractivity contribution in [2.24, 2.45) is 0 Å². The Hall–Kier alpha value is -2.82. The van der Waals surface area contributed by atoms with Crippen LogP contribution in [-0.4, -0.2) is 41.1 Å². The molecule has 0 N–H and O–H groups in total. The molecule has 2 aromatic carbocycles. The van der Waals surface area contributed by atoms with Crippen LogP contribution < -0.4 is 4.74 Å². The number of carbonyl (C=O) groups is 3. The summed E-state index contributed by atoms with van der Waals surface area (Å²) in [6.45, 7) is 3.81. The first kappa shape index (κ1) is 25.3.